The fourth-order valence-corrected chi connectivity index (χ4v) is 3.04. The predicted molar refractivity (Wildman–Crippen MR) is 117 cm³/mol. The maximum absolute atomic E-state index is 13.9. The molecule has 31 heavy (non-hydrogen) atoms. The Kier molecular flexibility index (Phi) is 7.35. The van der Waals surface area contributed by atoms with Crippen LogP contribution in [0.4, 0.5) is 25.1 Å². The number of anilines is 2. The summed E-state index contributed by atoms with van der Waals surface area (Å²) >= 11 is 3.31. The number of rotatable bonds is 7. The third kappa shape index (κ3) is 6.35. The highest BCUT2D eigenvalue weighted by Crippen LogP contribution is 2.18. The zero-order valence-corrected chi connectivity index (χ0v) is 18.2. The van der Waals surface area contributed by atoms with Gasteiger partial charge >= 0.3 is 6.03 Å². The maximum Gasteiger partial charge on any atom is 0.319 e. The average Bonchev–Trinajstić information content (AvgIpc) is 3.06. The van der Waals surface area contributed by atoms with Crippen LogP contribution in [-0.2, 0) is 11.3 Å². The van der Waals surface area contributed by atoms with Gasteiger partial charge in [0.1, 0.15) is 17.5 Å². The zero-order valence-electron chi connectivity index (χ0n) is 16.6. The van der Waals surface area contributed by atoms with Crippen molar-refractivity contribution in [3.05, 3.63) is 75.9 Å². The standard InChI is InChI=1S/C21H20BrF2N5O2/c1-13-11-26-29(12-14-10-16(23)4-7-18(14)24)20(13)28-19(30)8-9-25-21(31)27-17-5-2-15(22)3-6-17/h2-7,10-11H,8-9,12H2,1H3,(H,28,30)(H2,25,27,31). The third-order valence-corrected chi connectivity index (χ3v) is 4.88. The molecular formula is C21H20BrF2N5O2. The molecule has 0 radical (unpaired) electrons. The van der Waals surface area contributed by atoms with Gasteiger partial charge in [-0.05, 0) is 49.4 Å². The van der Waals surface area contributed by atoms with Crippen LogP contribution in [0.5, 0.6) is 0 Å². The number of amides is 3. The fraction of sp³-hybridized carbons (Fsp3) is 0.190. The molecule has 0 saturated carbocycles. The summed E-state index contributed by atoms with van der Waals surface area (Å²) in [5.74, 6) is -1.09. The first-order valence-electron chi connectivity index (χ1n) is 9.38. The Morgan fingerprint density at radius 2 is 1.84 bits per heavy atom. The average molecular weight is 492 g/mol. The number of nitrogens with zero attached hydrogens (tertiary/aromatic N) is 2. The lowest BCUT2D eigenvalue weighted by molar-refractivity contribution is -0.116. The number of hydrogen-bond donors (Lipinski definition) is 3. The number of urea groups is 1. The quantitative estimate of drug-likeness (QED) is 0.456. The van der Waals surface area contributed by atoms with E-state index in [-0.39, 0.29) is 31.0 Å². The molecular weight excluding hydrogens is 472 g/mol. The van der Waals surface area contributed by atoms with Gasteiger partial charge in [0.15, 0.2) is 0 Å². The molecule has 7 nitrogen and oxygen atoms in total. The largest absolute Gasteiger partial charge is 0.337 e. The van der Waals surface area contributed by atoms with Gasteiger partial charge < -0.3 is 16.0 Å². The molecule has 3 amide bonds. The summed E-state index contributed by atoms with van der Waals surface area (Å²) < 4.78 is 29.6. The molecule has 1 aromatic heterocycles. The minimum absolute atomic E-state index is 0.0205. The van der Waals surface area contributed by atoms with E-state index in [1.807, 2.05) is 0 Å². The zero-order chi connectivity index (χ0) is 22.4. The summed E-state index contributed by atoms with van der Waals surface area (Å²) in [6.45, 7) is 1.81. The second-order valence-corrected chi connectivity index (χ2v) is 7.67. The van der Waals surface area contributed by atoms with E-state index >= 15 is 0 Å². The molecule has 0 atom stereocenters. The predicted octanol–water partition coefficient (Wildman–Crippen LogP) is 4.43. The number of aryl methyl sites for hydroxylation is 1. The molecule has 0 spiro atoms. The van der Waals surface area contributed by atoms with Crippen molar-refractivity contribution in [1.29, 1.82) is 0 Å². The Hall–Kier alpha value is -3.27. The number of halogens is 3. The lowest BCUT2D eigenvalue weighted by Gasteiger charge is -2.12. The maximum atomic E-state index is 13.9. The molecule has 162 valence electrons. The molecule has 0 aliphatic rings. The molecule has 0 bridgehead atoms. The molecule has 1 heterocycles. The monoisotopic (exact) mass is 491 g/mol. The van der Waals surface area contributed by atoms with Crippen LogP contribution < -0.4 is 16.0 Å². The van der Waals surface area contributed by atoms with E-state index in [9.17, 15) is 18.4 Å². The molecule has 0 aliphatic carbocycles. The Bertz CT molecular complexity index is 1090. The van der Waals surface area contributed by atoms with Gasteiger partial charge in [0.05, 0.1) is 12.7 Å². The van der Waals surface area contributed by atoms with Gasteiger partial charge in [0, 0.05) is 34.3 Å². The SMILES string of the molecule is Cc1cnn(Cc2cc(F)ccc2F)c1NC(=O)CCNC(=O)Nc1ccc(Br)cc1. The van der Waals surface area contributed by atoms with E-state index in [1.54, 1.807) is 31.2 Å². The summed E-state index contributed by atoms with van der Waals surface area (Å²) in [5, 5.41) is 12.1. The van der Waals surface area contributed by atoms with E-state index in [2.05, 4.69) is 37.0 Å². The van der Waals surface area contributed by atoms with Crippen LogP contribution in [0.1, 0.15) is 17.5 Å². The molecule has 0 unspecified atom stereocenters. The molecule has 0 saturated heterocycles. The van der Waals surface area contributed by atoms with Crippen LogP contribution in [0.2, 0.25) is 0 Å². The minimum atomic E-state index is -0.562. The van der Waals surface area contributed by atoms with E-state index in [0.29, 0.717) is 17.1 Å². The number of benzene rings is 2. The molecule has 3 aromatic rings. The Morgan fingerprint density at radius 3 is 2.58 bits per heavy atom. The molecule has 3 N–H and O–H groups in total. The number of nitrogens with one attached hydrogen (secondary N) is 3. The van der Waals surface area contributed by atoms with Crippen LogP contribution in [-0.4, -0.2) is 28.3 Å². The van der Waals surface area contributed by atoms with Crippen molar-refractivity contribution >= 4 is 39.4 Å². The first kappa shape index (κ1) is 22.4. The highest BCUT2D eigenvalue weighted by atomic mass is 79.9. The van der Waals surface area contributed by atoms with Crippen LogP contribution >= 0.6 is 15.9 Å². The third-order valence-electron chi connectivity index (χ3n) is 4.35. The van der Waals surface area contributed by atoms with Crippen molar-refractivity contribution in [2.75, 3.05) is 17.2 Å². The van der Waals surface area contributed by atoms with Gasteiger partial charge in [-0.1, -0.05) is 15.9 Å². The van der Waals surface area contributed by atoms with Gasteiger partial charge in [-0.2, -0.15) is 5.10 Å². The number of hydrogen-bond acceptors (Lipinski definition) is 3. The van der Waals surface area contributed by atoms with Gasteiger partial charge in [-0.3, -0.25) is 4.79 Å². The van der Waals surface area contributed by atoms with E-state index in [4.69, 9.17) is 0 Å². The van der Waals surface area contributed by atoms with Crippen LogP contribution in [0.25, 0.3) is 0 Å². The van der Waals surface area contributed by atoms with Gasteiger partial charge in [0.25, 0.3) is 0 Å². The molecule has 0 fully saturated rings. The fourth-order valence-electron chi connectivity index (χ4n) is 2.78. The number of aromatic nitrogens is 2. The van der Waals surface area contributed by atoms with Crippen molar-refractivity contribution in [3.63, 3.8) is 0 Å². The lowest BCUT2D eigenvalue weighted by Crippen LogP contribution is -2.31. The molecule has 3 rings (SSSR count). The Morgan fingerprint density at radius 1 is 1.10 bits per heavy atom. The first-order valence-corrected chi connectivity index (χ1v) is 10.2. The van der Waals surface area contributed by atoms with Crippen molar-refractivity contribution in [2.45, 2.75) is 19.9 Å². The number of carbonyl (C=O) groups is 2. The van der Waals surface area contributed by atoms with Gasteiger partial charge in [0.2, 0.25) is 5.91 Å². The normalized spacial score (nSPS) is 10.6. The second kappa shape index (κ2) is 10.2. The van der Waals surface area contributed by atoms with Crippen molar-refractivity contribution in [3.8, 4) is 0 Å². The summed E-state index contributed by atoms with van der Waals surface area (Å²) in [7, 11) is 0. The van der Waals surface area contributed by atoms with Crippen LogP contribution in [0.3, 0.4) is 0 Å². The smallest absolute Gasteiger partial charge is 0.319 e. The van der Waals surface area contributed by atoms with Gasteiger partial charge in [-0.15, -0.1) is 0 Å². The highest BCUT2D eigenvalue weighted by molar-refractivity contribution is 9.10. The summed E-state index contributed by atoms with van der Waals surface area (Å²) in [6, 6.07) is 9.81. The second-order valence-electron chi connectivity index (χ2n) is 6.76. The minimum Gasteiger partial charge on any atom is -0.337 e. The van der Waals surface area contributed by atoms with Crippen LogP contribution in [0.15, 0.2) is 53.1 Å². The summed E-state index contributed by atoms with van der Waals surface area (Å²) in [5.41, 5.74) is 1.41. The van der Waals surface area contributed by atoms with Crippen molar-refractivity contribution in [1.82, 2.24) is 15.1 Å². The Balaban J connectivity index is 1.52. The summed E-state index contributed by atoms with van der Waals surface area (Å²) in [6.07, 6.45) is 1.55. The number of carbonyl (C=O) groups excluding carboxylic acids is 2. The van der Waals surface area contributed by atoms with E-state index < -0.39 is 17.7 Å². The first-order chi connectivity index (χ1) is 14.8. The van der Waals surface area contributed by atoms with Crippen LogP contribution in [0, 0.1) is 18.6 Å². The summed E-state index contributed by atoms with van der Waals surface area (Å²) in [4.78, 5) is 24.2. The Labute approximate surface area is 186 Å². The molecule has 0 aliphatic heterocycles. The van der Waals surface area contributed by atoms with Gasteiger partial charge in [-0.25, -0.2) is 18.3 Å². The lowest BCUT2D eigenvalue weighted by atomic mass is 10.2. The van der Waals surface area contributed by atoms with Crippen molar-refractivity contribution < 1.29 is 18.4 Å². The van der Waals surface area contributed by atoms with E-state index in [0.717, 1.165) is 22.7 Å². The van der Waals surface area contributed by atoms with Crippen molar-refractivity contribution in [2.24, 2.45) is 0 Å². The highest BCUT2D eigenvalue weighted by Gasteiger charge is 2.14. The molecule has 2 aromatic carbocycles. The topological polar surface area (TPSA) is 88.1 Å². The molecule has 10 heteroatoms. The van der Waals surface area contributed by atoms with E-state index in [1.165, 1.54) is 10.9 Å².